The Balaban J connectivity index is 1.59. The van der Waals surface area contributed by atoms with Gasteiger partial charge in [-0.1, -0.05) is 50.2 Å². The van der Waals surface area contributed by atoms with Crippen molar-refractivity contribution in [1.82, 2.24) is 14.9 Å². The van der Waals surface area contributed by atoms with E-state index in [1.165, 1.54) is 11.9 Å². The average Bonchev–Trinajstić information content (AvgIpc) is 2.78. The molecule has 2 aromatic rings. The molecular weight excluding hydrogens is 392 g/mol. The predicted octanol–water partition coefficient (Wildman–Crippen LogP) is 2.63. The minimum Gasteiger partial charge on any atom is -0.396 e. The molecule has 3 N–H and O–H groups in total. The molecule has 2 heterocycles. The second-order valence-corrected chi connectivity index (χ2v) is 8.17. The van der Waals surface area contributed by atoms with Crippen molar-refractivity contribution in [2.45, 2.75) is 45.8 Å². The third-order valence-corrected chi connectivity index (χ3v) is 5.55. The Hall–Kier alpha value is -2.71. The third-order valence-electron chi connectivity index (χ3n) is 5.55. The number of hydrogen-bond acceptors (Lipinski definition) is 8. The second-order valence-electron chi connectivity index (χ2n) is 8.17. The molecule has 1 saturated heterocycles. The van der Waals surface area contributed by atoms with Crippen LogP contribution in [0.25, 0.3) is 0 Å². The molecule has 1 aliphatic heterocycles. The molecule has 0 amide bonds. The minimum absolute atomic E-state index is 0.376. The molecule has 0 bridgehead atoms. The van der Waals surface area contributed by atoms with E-state index in [1.807, 2.05) is 6.92 Å². The Morgan fingerprint density at radius 3 is 2.52 bits per heavy atom. The average molecular weight is 427 g/mol. The number of benzene rings is 1. The molecular formula is C23H34N6O2. The summed E-state index contributed by atoms with van der Waals surface area (Å²) in [6.45, 7) is 9.88. The van der Waals surface area contributed by atoms with Crippen LogP contribution in [-0.2, 0) is 11.3 Å². The molecule has 0 aliphatic carbocycles. The summed E-state index contributed by atoms with van der Waals surface area (Å²) in [5.74, 6) is 1.63. The van der Waals surface area contributed by atoms with Crippen molar-refractivity contribution >= 4 is 17.9 Å². The van der Waals surface area contributed by atoms with E-state index in [4.69, 9.17) is 10.6 Å². The maximum atomic E-state index is 10.8. The zero-order valence-corrected chi connectivity index (χ0v) is 18.7. The molecule has 0 radical (unpaired) electrons. The van der Waals surface area contributed by atoms with E-state index in [0.29, 0.717) is 30.3 Å². The van der Waals surface area contributed by atoms with E-state index in [0.717, 1.165) is 44.0 Å². The van der Waals surface area contributed by atoms with Crippen molar-refractivity contribution in [3.8, 4) is 0 Å². The van der Waals surface area contributed by atoms with Crippen LogP contribution in [0.3, 0.4) is 0 Å². The molecule has 8 nitrogen and oxygen atoms in total. The van der Waals surface area contributed by atoms with E-state index in [2.05, 4.69) is 63.0 Å². The first-order valence-corrected chi connectivity index (χ1v) is 11.0. The lowest BCUT2D eigenvalue weighted by atomic mass is 10.0. The van der Waals surface area contributed by atoms with Gasteiger partial charge in [-0.25, -0.2) is 9.97 Å². The maximum absolute atomic E-state index is 10.8. The van der Waals surface area contributed by atoms with Gasteiger partial charge in [-0.05, 0) is 23.5 Å². The van der Waals surface area contributed by atoms with Gasteiger partial charge < -0.3 is 20.6 Å². The summed E-state index contributed by atoms with van der Waals surface area (Å²) in [5, 5.41) is 14.7. The van der Waals surface area contributed by atoms with Crippen molar-refractivity contribution in [3.05, 3.63) is 47.3 Å². The molecule has 168 valence electrons. The van der Waals surface area contributed by atoms with E-state index in [1.54, 1.807) is 6.21 Å². The largest absolute Gasteiger partial charge is 0.396 e. The number of nitrogen functional groups attached to an aromatic ring is 1. The van der Waals surface area contributed by atoms with Crippen LogP contribution in [0.15, 0.2) is 35.7 Å². The quantitative estimate of drug-likeness (QED) is 0.361. The highest BCUT2D eigenvalue weighted by molar-refractivity contribution is 5.91. The lowest BCUT2D eigenvalue weighted by molar-refractivity contribution is 0.00102. The summed E-state index contributed by atoms with van der Waals surface area (Å²) in [6, 6.07) is 8.53. The second kappa shape index (κ2) is 11.1. The Labute approximate surface area is 184 Å². The monoisotopic (exact) mass is 426 g/mol. The zero-order valence-electron chi connectivity index (χ0n) is 18.7. The van der Waals surface area contributed by atoms with Gasteiger partial charge in [0.1, 0.15) is 30.8 Å². The van der Waals surface area contributed by atoms with Gasteiger partial charge in [0.25, 0.3) is 0 Å². The summed E-state index contributed by atoms with van der Waals surface area (Å²) in [5.41, 5.74) is 9.19. The van der Waals surface area contributed by atoms with Crippen LogP contribution in [0.4, 0.5) is 11.6 Å². The number of aliphatic hydroxyl groups is 1. The Morgan fingerprint density at radius 1 is 1.16 bits per heavy atom. The van der Waals surface area contributed by atoms with Crippen LogP contribution in [0.5, 0.6) is 0 Å². The van der Waals surface area contributed by atoms with Gasteiger partial charge in [0.05, 0.1) is 11.8 Å². The highest BCUT2D eigenvalue weighted by Gasteiger charge is 2.25. The SMILES string of the molecule is CCCO/N=C/c1c(N)ncnc1N1CCN(C(O)Cc2ccc(C(C)C)cc2)CC1. The summed E-state index contributed by atoms with van der Waals surface area (Å²) in [6.07, 6.45) is 4.05. The minimum atomic E-state index is -0.508. The van der Waals surface area contributed by atoms with Crippen LogP contribution in [-0.4, -0.2) is 65.2 Å². The lowest BCUT2D eigenvalue weighted by Crippen LogP contribution is -2.51. The fourth-order valence-electron chi connectivity index (χ4n) is 3.62. The van der Waals surface area contributed by atoms with Crippen LogP contribution < -0.4 is 10.6 Å². The fraction of sp³-hybridized carbons (Fsp3) is 0.522. The fourth-order valence-corrected chi connectivity index (χ4v) is 3.62. The summed E-state index contributed by atoms with van der Waals surface area (Å²) in [7, 11) is 0. The number of nitrogens with two attached hydrogens (primary N) is 1. The van der Waals surface area contributed by atoms with Gasteiger partial charge >= 0.3 is 0 Å². The van der Waals surface area contributed by atoms with Gasteiger partial charge in [-0.2, -0.15) is 0 Å². The van der Waals surface area contributed by atoms with E-state index in [9.17, 15) is 5.11 Å². The van der Waals surface area contributed by atoms with Crippen molar-refractivity contribution in [2.24, 2.45) is 5.16 Å². The summed E-state index contributed by atoms with van der Waals surface area (Å²) >= 11 is 0. The molecule has 3 rings (SSSR count). The molecule has 31 heavy (non-hydrogen) atoms. The number of aliphatic hydroxyl groups excluding tert-OH is 1. The van der Waals surface area contributed by atoms with Crippen LogP contribution >= 0.6 is 0 Å². The molecule has 8 heteroatoms. The highest BCUT2D eigenvalue weighted by Crippen LogP contribution is 2.22. The number of nitrogens with zero attached hydrogens (tertiary/aromatic N) is 5. The smallest absolute Gasteiger partial charge is 0.143 e. The zero-order chi connectivity index (χ0) is 22.2. The van der Waals surface area contributed by atoms with E-state index >= 15 is 0 Å². The van der Waals surface area contributed by atoms with Gasteiger partial charge in [0.15, 0.2) is 0 Å². The Kier molecular flexibility index (Phi) is 8.20. The van der Waals surface area contributed by atoms with Crippen LogP contribution in [0.2, 0.25) is 0 Å². The van der Waals surface area contributed by atoms with Crippen LogP contribution in [0.1, 0.15) is 49.8 Å². The first-order valence-electron chi connectivity index (χ1n) is 11.0. The van der Waals surface area contributed by atoms with Crippen molar-refractivity contribution < 1.29 is 9.94 Å². The first kappa shape index (κ1) is 23.0. The summed E-state index contributed by atoms with van der Waals surface area (Å²) in [4.78, 5) is 18.0. The molecule has 1 atom stereocenters. The predicted molar refractivity (Wildman–Crippen MR) is 124 cm³/mol. The molecule has 1 fully saturated rings. The Bertz CT molecular complexity index is 848. The number of oxime groups is 1. The number of rotatable bonds is 9. The number of hydrogen-bond donors (Lipinski definition) is 2. The lowest BCUT2D eigenvalue weighted by Gasteiger charge is -2.38. The topological polar surface area (TPSA) is 100 Å². The summed E-state index contributed by atoms with van der Waals surface area (Å²) < 4.78 is 0. The molecule has 0 saturated carbocycles. The number of anilines is 2. The molecule has 1 aliphatic rings. The Morgan fingerprint density at radius 2 is 1.87 bits per heavy atom. The van der Waals surface area contributed by atoms with Gasteiger partial charge in [0.2, 0.25) is 0 Å². The maximum Gasteiger partial charge on any atom is 0.143 e. The third kappa shape index (κ3) is 6.15. The van der Waals surface area contributed by atoms with Crippen molar-refractivity contribution in [1.29, 1.82) is 0 Å². The van der Waals surface area contributed by atoms with Crippen LogP contribution in [0, 0.1) is 0 Å². The molecule has 1 aromatic heterocycles. The van der Waals surface area contributed by atoms with E-state index < -0.39 is 6.23 Å². The number of aromatic nitrogens is 2. The van der Waals surface area contributed by atoms with Gasteiger partial charge in [0, 0.05) is 32.6 Å². The first-order chi connectivity index (χ1) is 15.0. The molecule has 1 unspecified atom stereocenters. The number of piperazine rings is 1. The normalized spacial score (nSPS) is 16.2. The molecule has 0 spiro atoms. The van der Waals surface area contributed by atoms with Gasteiger partial charge in [-0.15, -0.1) is 0 Å². The van der Waals surface area contributed by atoms with Gasteiger partial charge in [-0.3, -0.25) is 4.90 Å². The van der Waals surface area contributed by atoms with E-state index in [-0.39, 0.29) is 0 Å². The van der Waals surface area contributed by atoms with Crippen molar-refractivity contribution in [3.63, 3.8) is 0 Å². The van der Waals surface area contributed by atoms with Crippen molar-refractivity contribution in [2.75, 3.05) is 43.4 Å². The highest BCUT2D eigenvalue weighted by atomic mass is 16.6. The standard InChI is InChI=1S/C23H34N6O2/c1-4-13-31-27-15-20-22(24)25-16-26-23(20)29-11-9-28(10-12-29)21(30)14-18-5-7-19(8-6-18)17(2)3/h5-8,15-17,21,30H,4,9-14H2,1-3H3,(H2,24,25,26)/b27-15+. The molecule has 1 aromatic carbocycles.